The lowest BCUT2D eigenvalue weighted by Gasteiger charge is -2.18. The molecule has 78 valence electrons. The number of aryl methyl sites for hydroxylation is 2. The number of nitrogens with two attached hydrogens (primary N) is 1. The molecule has 0 amide bonds. The maximum Gasteiger partial charge on any atom is 0.0467 e. The Morgan fingerprint density at radius 3 is 2.36 bits per heavy atom. The van der Waals surface area contributed by atoms with Crippen molar-refractivity contribution in [1.29, 1.82) is 0 Å². The van der Waals surface area contributed by atoms with Gasteiger partial charge in [0.2, 0.25) is 0 Å². The quantitative estimate of drug-likeness (QED) is 0.794. The largest absolute Gasteiger partial charge is 0.324 e. The fourth-order valence-electron chi connectivity index (χ4n) is 1.95. The number of benzene rings is 1. The maximum absolute atomic E-state index is 6.20. The van der Waals surface area contributed by atoms with Crippen molar-refractivity contribution in [3.8, 4) is 0 Å². The molecule has 0 aliphatic rings. The van der Waals surface area contributed by atoms with Crippen molar-refractivity contribution in [3.05, 3.63) is 33.3 Å². The van der Waals surface area contributed by atoms with Crippen molar-refractivity contribution in [2.24, 2.45) is 5.73 Å². The van der Waals surface area contributed by atoms with E-state index in [-0.39, 0.29) is 6.04 Å². The molecule has 1 rings (SSSR count). The molecule has 1 aromatic carbocycles. The first-order valence-electron chi connectivity index (χ1n) is 5.00. The molecular formula is C12H18ClN. The Balaban J connectivity index is 3.36. The van der Waals surface area contributed by atoms with Crippen molar-refractivity contribution >= 4 is 11.6 Å². The Kier molecular flexibility index (Phi) is 3.57. The normalized spacial score (nSPS) is 13.0. The average molecular weight is 212 g/mol. The summed E-state index contributed by atoms with van der Waals surface area (Å²) >= 11 is 6.20. The summed E-state index contributed by atoms with van der Waals surface area (Å²) in [5.74, 6) is 0. The summed E-state index contributed by atoms with van der Waals surface area (Å²) in [6, 6.07) is 2.22. The van der Waals surface area contributed by atoms with Crippen LogP contribution in [0, 0.1) is 20.8 Å². The fourth-order valence-corrected chi connectivity index (χ4v) is 2.11. The predicted octanol–water partition coefficient (Wildman–Crippen LogP) is 3.68. The zero-order chi connectivity index (χ0) is 10.9. The van der Waals surface area contributed by atoms with E-state index in [4.69, 9.17) is 17.3 Å². The van der Waals surface area contributed by atoms with Crippen LogP contribution in [0.5, 0.6) is 0 Å². The third-order valence-corrected chi connectivity index (χ3v) is 3.33. The molecule has 0 aromatic heterocycles. The van der Waals surface area contributed by atoms with E-state index in [9.17, 15) is 0 Å². The van der Waals surface area contributed by atoms with E-state index < -0.39 is 0 Å². The fraction of sp³-hybridized carbons (Fsp3) is 0.500. The van der Waals surface area contributed by atoms with Crippen molar-refractivity contribution in [3.63, 3.8) is 0 Å². The summed E-state index contributed by atoms with van der Waals surface area (Å²) in [6.07, 6.45) is 0.946. The highest BCUT2D eigenvalue weighted by Crippen LogP contribution is 2.30. The van der Waals surface area contributed by atoms with Crippen LogP contribution in [0.3, 0.4) is 0 Å². The summed E-state index contributed by atoms with van der Waals surface area (Å²) in [6.45, 7) is 8.27. The van der Waals surface area contributed by atoms with E-state index in [0.717, 1.165) is 22.6 Å². The number of hydrogen-bond donors (Lipinski definition) is 1. The highest BCUT2D eigenvalue weighted by molar-refractivity contribution is 6.32. The molecule has 1 atom stereocenters. The molecular weight excluding hydrogens is 194 g/mol. The molecule has 0 saturated heterocycles. The molecule has 0 radical (unpaired) electrons. The minimum Gasteiger partial charge on any atom is -0.324 e. The molecule has 0 aliphatic carbocycles. The summed E-state index contributed by atoms with van der Waals surface area (Å²) in [7, 11) is 0. The maximum atomic E-state index is 6.20. The van der Waals surface area contributed by atoms with Gasteiger partial charge < -0.3 is 5.73 Å². The smallest absolute Gasteiger partial charge is 0.0467 e. The van der Waals surface area contributed by atoms with Crippen LogP contribution >= 0.6 is 11.6 Å². The molecule has 0 aliphatic heterocycles. The van der Waals surface area contributed by atoms with Gasteiger partial charge in [0.05, 0.1) is 0 Å². The lowest BCUT2D eigenvalue weighted by atomic mass is 9.93. The lowest BCUT2D eigenvalue weighted by Crippen LogP contribution is -2.12. The Hall–Kier alpha value is -0.530. The van der Waals surface area contributed by atoms with Gasteiger partial charge in [0.15, 0.2) is 0 Å². The Bertz CT molecular complexity index is 345. The molecule has 0 fully saturated rings. The van der Waals surface area contributed by atoms with Gasteiger partial charge in [0, 0.05) is 11.1 Å². The van der Waals surface area contributed by atoms with Crippen LogP contribution in [0.2, 0.25) is 5.02 Å². The van der Waals surface area contributed by atoms with Gasteiger partial charge in [-0.1, -0.05) is 24.6 Å². The standard InChI is InChI=1S/C12H18ClN/c1-5-10(14)11-7(2)6-8(3)12(13)9(11)4/h6,10H,5,14H2,1-4H3. The highest BCUT2D eigenvalue weighted by Gasteiger charge is 2.13. The van der Waals surface area contributed by atoms with Crippen LogP contribution in [0.1, 0.15) is 41.6 Å². The van der Waals surface area contributed by atoms with Crippen LogP contribution < -0.4 is 5.73 Å². The van der Waals surface area contributed by atoms with Crippen LogP contribution in [0.15, 0.2) is 6.07 Å². The van der Waals surface area contributed by atoms with E-state index in [1.54, 1.807) is 0 Å². The van der Waals surface area contributed by atoms with Crippen LogP contribution in [-0.4, -0.2) is 0 Å². The number of halogens is 1. The molecule has 0 heterocycles. The lowest BCUT2D eigenvalue weighted by molar-refractivity contribution is 0.689. The molecule has 0 bridgehead atoms. The third kappa shape index (κ3) is 1.94. The Morgan fingerprint density at radius 1 is 1.29 bits per heavy atom. The van der Waals surface area contributed by atoms with Crippen molar-refractivity contribution < 1.29 is 0 Å². The van der Waals surface area contributed by atoms with Crippen molar-refractivity contribution in [2.45, 2.75) is 40.2 Å². The third-order valence-electron chi connectivity index (χ3n) is 2.75. The molecule has 2 N–H and O–H groups in total. The summed E-state index contributed by atoms with van der Waals surface area (Å²) in [5, 5.41) is 0.856. The van der Waals surface area contributed by atoms with Crippen molar-refractivity contribution in [1.82, 2.24) is 0 Å². The summed E-state index contributed by atoms with van der Waals surface area (Å²) in [4.78, 5) is 0. The SMILES string of the molecule is CCC(N)c1c(C)cc(C)c(Cl)c1C. The molecule has 1 unspecified atom stereocenters. The monoisotopic (exact) mass is 211 g/mol. The zero-order valence-electron chi connectivity index (χ0n) is 9.32. The second-order valence-corrected chi connectivity index (χ2v) is 4.26. The first kappa shape index (κ1) is 11.5. The summed E-state index contributed by atoms with van der Waals surface area (Å²) < 4.78 is 0. The van der Waals surface area contributed by atoms with Gasteiger partial charge in [0.25, 0.3) is 0 Å². The van der Waals surface area contributed by atoms with Gasteiger partial charge in [-0.3, -0.25) is 0 Å². The van der Waals surface area contributed by atoms with Gasteiger partial charge >= 0.3 is 0 Å². The van der Waals surface area contributed by atoms with Gasteiger partial charge in [-0.2, -0.15) is 0 Å². The zero-order valence-corrected chi connectivity index (χ0v) is 10.1. The average Bonchev–Trinajstić information content (AvgIpc) is 2.14. The molecule has 2 heteroatoms. The first-order chi connectivity index (χ1) is 6.49. The van der Waals surface area contributed by atoms with Gasteiger partial charge in [0.1, 0.15) is 0 Å². The van der Waals surface area contributed by atoms with Crippen LogP contribution in [0.25, 0.3) is 0 Å². The van der Waals surface area contributed by atoms with E-state index in [1.165, 1.54) is 11.1 Å². The second-order valence-electron chi connectivity index (χ2n) is 3.88. The number of hydrogen-bond acceptors (Lipinski definition) is 1. The van der Waals surface area contributed by atoms with Gasteiger partial charge in [-0.05, 0) is 49.4 Å². The molecule has 1 aromatic rings. The highest BCUT2D eigenvalue weighted by atomic mass is 35.5. The molecule has 0 saturated carbocycles. The van der Waals surface area contributed by atoms with Gasteiger partial charge in [-0.25, -0.2) is 0 Å². The second kappa shape index (κ2) is 4.33. The molecule has 0 spiro atoms. The minimum atomic E-state index is 0.105. The topological polar surface area (TPSA) is 26.0 Å². The van der Waals surface area contributed by atoms with Crippen LogP contribution in [-0.2, 0) is 0 Å². The van der Waals surface area contributed by atoms with E-state index in [2.05, 4.69) is 19.9 Å². The Labute approximate surface area is 91.3 Å². The Morgan fingerprint density at radius 2 is 1.86 bits per heavy atom. The van der Waals surface area contributed by atoms with E-state index in [1.807, 2.05) is 13.8 Å². The first-order valence-corrected chi connectivity index (χ1v) is 5.38. The molecule has 14 heavy (non-hydrogen) atoms. The minimum absolute atomic E-state index is 0.105. The summed E-state index contributed by atoms with van der Waals surface area (Å²) in [5.41, 5.74) is 10.8. The predicted molar refractivity (Wildman–Crippen MR) is 62.9 cm³/mol. The van der Waals surface area contributed by atoms with Crippen LogP contribution in [0.4, 0.5) is 0 Å². The number of rotatable bonds is 2. The van der Waals surface area contributed by atoms with E-state index >= 15 is 0 Å². The van der Waals surface area contributed by atoms with Gasteiger partial charge in [-0.15, -0.1) is 0 Å². The van der Waals surface area contributed by atoms with E-state index in [0.29, 0.717) is 0 Å². The molecule has 1 nitrogen and oxygen atoms in total. The van der Waals surface area contributed by atoms with Crippen molar-refractivity contribution in [2.75, 3.05) is 0 Å².